The van der Waals surface area contributed by atoms with Gasteiger partial charge in [0.15, 0.2) is 0 Å². The van der Waals surface area contributed by atoms with Crippen LogP contribution < -0.4 is 5.73 Å². The molecule has 0 aromatic rings. The van der Waals surface area contributed by atoms with E-state index in [1.165, 1.54) is 0 Å². The van der Waals surface area contributed by atoms with E-state index in [1.807, 2.05) is 0 Å². The number of ketones is 1. The number of Topliss-reactive ketones (excluding diaryl/α,β-unsaturated/α-hetero) is 1. The summed E-state index contributed by atoms with van der Waals surface area (Å²) in [6, 6.07) is 0. The molecule has 80 valence electrons. The molecule has 0 saturated heterocycles. The number of carbonyl (C=O) groups is 2. The van der Waals surface area contributed by atoms with Crippen LogP contribution in [0, 0.1) is 11.8 Å². The quantitative estimate of drug-likeness (QED) is 0.728. The van der Waals surface area contributed by atoms with Gasteiger partial charge in [0.2, 0.25) is 5.91 Å². The highest BCUT2D eigenvalue weighted by Crippen LogP contribution is 2.32. The maximum atomic E-state index is 11.5. The van der Waals surface area contributed by atoms with E-state index >= 15 is 0 Å². The van der Waals surface area contributed by atoms with E-state index < -0.39 is 0 Å². The van der Waals surface area contributed by atoms with Crippen molar-refractivity contribution in [3.63, 3.8) is 0 Å². The van der Waals surface area contributed by atoms with Crippen molar-refractivity contribution in [2.24, 2.45) is 17.6 Å². The second-order valence-corrected chi connectivity index (χ2v) is 4.18. The molecule has 0 spiro atoms. The summed E-state index contributed by atoms with van der Waals surface area (Å²) in [6.07, 6.45) is 4.98. The molecule has 2 atom stereocenters. The lowest BCUT2D eigenvalue weighted by molar-refractivity contribution is -0.123. The maximum absolute atomic E-state index is 11.5. The lowest BCUT2D eigenvalue weighted by Gasteiger charge is -2.20. The molecule has 14 heavy (non-hydrogen) atoms. The summed E-state index contributed by atoms with van der Waals surface area (Å²) in [5.74, 6) is 0.378. The molecule has 0 radical (unpaired) electrons. The highest BCUT2D eigenvalue weighted by Gasteiger charge is 2.32. The summed E-state index contributed by atoms with van der Waals surface area (Å²) in [5, 5.41) is 0. The van der Waals surface area contributed by atoms with Crippen LogP contribution in [0.2, 0.25) is 0 Å². The standard InChI is InChI=1S/C11H19NO2/c1-2-4-8(7-11(12)14)9-5-3-6-10(9)13/h8-9H,2-7H2,1H3,(H2,12,14). The van der Waals surface area contributed by atoms with E-state index in [9.17, 15) is 9.59 Å². The minimum atomic E-state index is -0.275. The molecule has 2 unspecified atom stereocenters. The molecule has 1 amide bonds. The summed E-state index contributed by atoms with van der Waals surface area (Å²) in [5.41, 5.74) is 5.19. The lowest BCUT2D eigenvalue weighted by Crippen LogP contribution is -2.25. The van der Waals surface area contributed by atoms with Gasteiger partial charge < -0.3 is 5.73 Å². The van der Waals surface area contributed by atoms with E-state index in [0.717, 1.165) is 25.7 Å². The summed E-state index contributed by atoms with van der Waals surface area (Å²) < 4.78 is 0. The summed E-state index contributed by atoms with van der Waals surface area (Å²) in [4.78, 5) is 22.4. The Balaban J connectivity index is 2.56. The highest BCUT2D eigenvalue weighted by molar-refractivity contribution is 5.84. The van der Waals surface area contributed by atoms with E-state index in [0.29, 0.717) is 18.6 Å². The number of primary amides is 1. The van der Waals surface area contributed by atoms with Gasteiger partial charge in [-0.1, -0.05) is 13.3 Å². The van der Waals surface area contributed by atoms with Gasteiger partial charge in [-0.3, -0.25) is 9.59 Å². The SMILES string of the molecule is CCCC(CC(N)=O)C1CCCC1=O. The number of carbonyl (C=O) groups excluding carboxylic acids is 2. The van der Waals surface area contributed by atoms with Crippen molar-refractivity contribution in [1.82, 2.24) is 0 Å². The minimum absolute atomic E-state index is 0.113. The second kappa shape index (κ2) is 5.13. The first-order chi connectivity index (χ1) is 6.65. The molecule has 0 bridgehead atoms. The van der Waals surface area contributed by atoms with Crippen LogP contribution in [0.1, 0.15) is 45.4 Å². The molecule has 1 fully saturated rings. The highest BCUT2D eigenvalue weighted by atomic mass is 16.1. The Morgan fingerprint density at radius 1 is 1.64 bits per heavy atom. The number of nitrogens with two attached hydrogens (primary N) is 1. The van der Waals surface area contributed by atoms with Gasteiger partial charge in [-0.05, 0) is 25.2 Å². The van der Waals surface area contributed by atoms with Gasteiger partial charge in [0.25, 0.3) is 0 Å². The second-order valence-electron chi connectivity index (χ2n) is 4.18. The zero-order valence-electron chi connectivity index (χ0n) is 8.79. The van der Waals surface area contributed by atoms with Gasteiger partial charge in [0, 0.05) is 18.8 Å². The van der Waals surface area contributed by atoms with Gasteiger partial charge in [-0.2, -0.15) is 0 Å². The smallest absolute Gasteiger partial charge is 0.217 e. The molecule has 1 aliphatic carbocycles. The molecule has 0 heterocycles. The molecule has 0 aromatic carbocycles. The topological polar surface area (TPSA) is 60.2 Å². The molecular formula is C11H19NO2. The fraction of sp³-hybridized carbons (Fsp3) is 0.818. The van der Waals surface area contributed by atoms with Crippen LogP contribution in [-0.4, -0.2) is 11.7 Å². The molecule has 2 N–H and O–H groups in total. The zero-order chi connectivity index (χ0) is 10.6. The third-order valence-corrected chi connectivity index (χ3v) is 3.04. The third-order valence-electron chi connectivity index (χ3n) is 3.04. The van der Waals surface area contributed by atoms with Gasteiger partial charge in [-0.25, -0.2) is 0 Å². The monoisotopic (exact) mass is 197 g/mol. The fourth-order valence-electron chi connectivity index (χ4n) is 2.42. The Morgan fingerprint density at radius 2 is 2.36 bits per heavy atom. The van der Waals surface area contributed by atoms with E-state index in [4.69, 9.17) is 5.73 Å². The Morgan fingerprint density at radius 3 is 2.79 bits per heavy atom. The van der Waals surface area contributed by atoms with Gasteiger partial charge in [0.05, 0.1) is 0 Å². The summed E-state index contributed by atoms with van der Waals surface area (Å²) >= 11 is 0. The van der Waals surface area contributed by atoms with Gasteiger partial charge >= 0.3 is 0 Å². The van der Waals surface area contributed by atoms with Crippen molar-refractivity contribution in [3.8, 4) is 0 Å². The maximum Gasteiger partial charge on any atom is 0.217 e. The predicted molar refractivity (Wildman–Crippen MR) is 54.6 cm³/mol. The van der Waals surface area contributed by atoms with E-state index in [1.54, 1.807) is 0 Å². The Kier molecular flexibility index (Phi) is 4.11. The van der Waals surface area contributed by atoms with Crippen LogP contribution in [0.5, 0.6) is 0 Å². The number of hydrogen-bond acceptors (Lipinski definition) is 2. The molecule has 1 rings (SSSR count). The Hall–Kier alpha value is -0.860. The number of hydrogen-bond donors (Lipinski definition) is 1. The van der Waals surface area contributed by atoms with Crippen molar-refractivity contribution in [2.75, 3.05) is 0 Å². The molecule has 0 aromatic heterocycles. The van der Waals surface area contributed by atoms with Crippen molar-refractivity contribution in [2.45, 2.75) is 45.4 Å². The zero-order valence-corrected chi connectivity index (χ0v) is 8.79. The first kappa shape index (κ1) is 11.2. The van der Waals surface area contributed by atoms with Gasteiger partial charge in [0.1, 0.15) is 5.78 Å². The minimum Gasteiger partial charge on any atom is -0.370 e. The molecule has 3 nitrogen and oxygen atoms in total. The predicted octanol–water partition coefficient (Wildman–Crippen LogP) is 1.65. The lowest BCUT2D eigenvalue weighted by atomic mass is 9.84. The third kappa shape index (κ3) is 2.82. The van der Waals surface area contributed by atoms with Gasteiger partial charge in [-0.15, -0.1) is 0 Å². The van der Waals surface area contributed by atoms with Crippen LogP contribution in [0.25, 0.3) is 0 Å². The Labute approximate surface area is 85.0 Å². The molecule has 1 aliphatic rings. The van der Waals surface area contributed by atoms with Crippen LogP contribution in [-0.2, 0) is 9.59 Å². The largest absolute Gasteiger partial charge is 0.370 e. The fourth-order valence-corrected chi connectivity index (χ4v) is 2.42. The van der Waals surface area contributed by atoms with Crippen molar-refractivity contribution in [1.29, 1.82) is 0 Å². The molecule has 3 heteroatoms. The Bertz CT molecular complexity index is 225. The van der Waals surface area contributed by atoms with E-state index in [2.05, 4.69) is 6.92 Å². The van der Waals surface area contributed by atoms with E-state index in [-0.39, 0.29) is 17.7 Å². The van der Waals surface area contributed by atoms with Crippen LogP contribution >= 0.6 is 0 Å². The summed E-state index contributed by atoms with van der Waals surface area (Å²) in [6.45, 7) is 2.08. The average Bonchev–Trinajstić information content (AvgIpc) is 2.50. The van der Waals surface area contributed by atoms with Crippen molar-refractivity contribution >= 4 is 11.7 Å². The van der Waals surface area contributed by atoms with Crippen molar-refractivity contribution < 1.29 is 9.59 Å². The molecule has 0 aliphatic heterocycles. The van der Waals surface area contributed by atoms with Crippen LogP contribution in [0.15, 0.2) is 0 Å². The molecule has 1 saturated carbocycles. The van der Waals surface area contributed by atoms with Crippen LogP contribution in [0.4, 0.5) is 0 Å². The average molecular weight is 197 g/mol. The van der Waals surface area contributed by atoms with Crippen LogP contribution in [0.3, 0.4) is 0 Å². The van der Waals surface area contributed by atoms with Crippen molar-refractivity contribution in [3.05, 3.63) is 0 Å². The summed E-state index contributed by atoms with van der Waals surface area (Å²) in [7, 11) is 0. The first-order valence-electron chi connectivity index (χ1n) is 5.46. The normalized spacial score (nSPS) is 23.8. The number of rotatable bonds is 5. The first-order valence-corrected chi connectivity index (χ1v) is 5.46. The molecular weight excluding hydrogens is 178 g/mol. The number of amides is 1.